The molecule has 8 nitrogen and oxygen atoms in total. The lowest BCUT2D eigenvalue weighted by Gasteiger charge is -0.707. The van der Waals surface area contributed by atoms with Crippen LogP contribution >= 0.6 is 0 Å². The second kappa shape index (κ2) is 40.8. The van der Waals surface area contributed by atoms with Gasteiger partial charge in [-0.2, -0.15) is 0 Å². The van der Waals surface area contributed by atoms with Gasteiger partial charge in [-0.05, 0) is 0 Å². The first-order valence-corrected chi connectivity index (χ1v) is 0.667. The van der Waals surface area contributed by atoms with Crippen LogP contribution in [0.2, 0.25) is 0 Å². The van der Waals surface area contributed by atoms with Gasteiger partial charge in [0.1, 0.15) is 0 Å². The van der Waals surface area contributed by atoms with E-state index < -0.39 is 0 Å². The lowest BCUT2D eigenvalue weighted by molar-refractivity contribution is 2.66. The van der Waals surface area contributed by atoms with E-state index in [2.05, 4.69) is 0 Å². The summed E-state index contributed by atoms with van der Waals surface area (Å²) in [6, 6.07) is 0. The highest BCUT2D eigenvalue weighted by Gasteiger charge is 0.713. The molecular formula is O8. The Labute approximate surface area is 41.1 Å². The highest BCUT2D eigenvalue weighted by molar-refractivity contribution is 4.08. The first-order valence-electron chi connectivity index (χ1n) is 0.667. The third kappa shape index (κ3) is 19.9. The largest absolute Gasteiger partial charge is 0 e. The normalized spacial score (nSPS) is 2.00. The van der Waals surface area contributed by atoms with E-state index in [0.29, 0.717) is 0 Å². The van der Waals surface area contributed by atoms with Crippen LogP contribution in [0.3, 0.4) is 0 Å². The van der Waals surface area contributed by atoms with Gasteiger partial charge in [0.2, 0.25) is 0 Å². The van der Waals surface area contributed by atoms with Crippen LogP contribution in [-0.4, -0.2) is 0 Å². The van der Waals surface area contributed by atoms with Gasteiger partial charge in [-0.15, -0.1) is 0 Å². The van der Waals surface area contributed by atoms with Gasteiger partial charge in [0.05, 0.1) is 0 Å². The molecule has 0 saturated heterocycles. The Morgan fingerprint density at radius 2 is 0.250 bits per heavy atom. The number of rotatable bonds is 0. The lowest BCUT2D eigenvalue weighted by atomic mass is 15.3. The summed E-state index contributed by atoms with van der Waals surface area (Å²) < 4.78 is 0. The van der Waals surface area contributed by atoms with Gasteiger partial charge in [0.25, 0.3) is 0 Å². The zero-order valence-corrected chi connectivity index (χ0v) is 3.27. The average molecular weight is 128 g/mol. The third-order valence-electron chi connectivity index (χ3n) is 0. The molecule has 0 saturated carbocycles. The first-order chi connectivity index (χ1) is 4.00. The molecule has 8 heavy (non-hydrogen) atoms. The zero-order chi connectivity index (χ0) is 8.00. The molecule has 48 valence electrons. The van der Waals surface area contributed by atoms with Crippen molar-refractivity contribution in [3.63, 3.8) is 0 Å². The Balaban J connectivity index is -0.0000000133. The molecule has 0 atom stereocenters. The van der Waals surface area contributed by atoms with Crippen LogP contribution in [-0.2, 0) is 0 Å². The molecule has 0 aliphatic rings. The van der Waals surface area contributed by atoms with Gasteiger partial charge in [0, 0.05) is 39.7 Å². The topological polar surface area (TPSA) is 137 Å². The molecular weight excluding hydrogens is 128 g/mol. The summed E-state index contributed by atoms with van der Waals surface area (Å²) >= 11 is 0. The summed E-state index contributed by atoms with van der Waals surface area (Å²) in [5.74, 6) is 0. The van der Waals surface area contributed by atoms with Crippen molar-refractivity contribution in [1.82, 2.24) is 0 Å². The van der Waals surface area contributed by atoms with E-state index in [4.69, 9.17) is 39.7 Å². The minimum atomic E-state index is 7.00. The summed E-state index contributed by atoms with van der Waals surface area (Å²) in [4.78, 5) is 56.0. The molecule has 0 fully saturated rings. The first kappa shape index (κ1) is 32.4. The van der Waals surface area contributed by atoms with Crippen LogP contribution in [0.5, 0.6) is 0 Å². The van der Waals surface area contributed by atoms with Crippen molar-refractivity contribution in [3.05, 3.63) is 39.7 Å². The van der Waals surface area contributed by atoms with Gasteiger partial charge < -0.3 is 0 Å². The number of hydrogen-bond acceptors (Lipinski definition) is 8. The Morgan fingerprint density at radius 1 is 0.250 bits per heavy atom. The Kier molecular flexibility index (Phi) is 165. The molecule has 0 aliphatic heterocycles. The molecule has 0 radical (unpaired) electrons. The van der Waals surface area contributed by atoms with E-state index in [-0.39, 0.29) is 0 Å². The van der Waals surface area contributed by atoms with Crippen molar-refractivity contribution in [2.45, 2.75) is 0 Å². The molecule has 8 heteroatoms. The van der Waals surface area contributed by atoms with Gasteiger partial charge in [0.15, 0.2) is 0 Å². The standard InChI is InChI=1S/4O2/c4*1-2. The summed E-state index contributed by atoms with van der Waals surface area (Å²) in [6.07, 6.45) is 0. The summed E-state index contributed by atoms with van der Waals surface area (Å²) in [7, 11) is 0. The van der Waals surface area contributed by atoms with Crippen molar-refractivity contribution in [1.29, 1.82) is 0 Å². The molecule has 0 aliphatic carbocycles. The molecule has 0 aromatic rings. The van der Waals surface area contributed by atoms with Gasteiger partial charge in [-0.3, -0.25) is 0 Å². The van der Waals surface area contributed by atoms with Crippen LogP contribution < -0.4 is 0 Å². The van der Waals surface area contributed by atoms with Gasteiger partial charge in [-0.25, -0.2) is 0 Å². The lowest BCUT2D eigenvalue weighted by Crippen LogP contribution is -0.674. The van der Waals surface area contributed by atoms with E-state index >= 15 is 0 Å². The van der Waals surface area contributed by atoms with Crippen LogP contribution in [0.1, 0.15) is 0 Å². The SMILES string of the molecule is O=O.O=O.O=O.O=O. The van der Waals surface area contributed by atoms with Crippen molar-refractivity contribution < 1.29 is 0 Å². The van der Waals surface area contributed by atoms with E-state index in [1.54, 1.807) is 0 Å². The smallest absolute Gasteiger partial charge is 0 e. The Hall–Kier alpha value is -1.60. The summed E-state index contributed by atoms with van der Waals surface area (Å²) in [5.41, 5.74) is 0. The number of hydrogen-bond donors (Lipinski definition) is 0. The minimum Gasteiger partial charge on any atom is 0 e. The van der Waals surface area contributed by atoms with Crippen molar-refractivity contribution >= 4 is 0 Å². The molecule has 0 aromatic carbocycles. The Morgan fingerprint density at radius 3 is 0.250 bits per heavy atom. The van der Waals surface area contributed by atoms with Gasteiger partial charge >= 0.3 is 0 Å². The van der Waals surface area contributed by atoms with E-state index in [1.807, 2.05) is 0 Å². The second-order valence-corrected chi connectivity index (χ2v) is 0. The molecule has 0 aromatic heterocycles. The van der Waals surface area contributed by atoms with Crippen LogP contribution in [0.15, 0.2) is 0 Å². The second-order valence-electron chi connectivity index (χ2n) is 0. The zero-order valence-electron chi connectivity index (χ0n) is 3.27. The fourth-order valence-electron chi connectivity index (χ4n) is 0. The minimum absolute atomic E-state index is 7.00. The maximum absolute atomic E-state index is 7.00. The van der Waals surface area contributed by atoms with Crippen molar-refractivity contribution in [2.24, 2.45) is 0 Å². The monoisotopic (exact) mass is 128 g/mol. The third-order valence-corrected chi connectivity index (χ3v) is 0. The molecule has 0 amide bonds. The van der Waals surface area contributed by atoms with Crippen molar-refractivity contribution in [2.75, 3.05) is 0 Å². The van der Waals surface area contributed by atoms with Crippen molar-refractivity contribution in [3.8, 4) is 0 Å². The highest BCUT2D eigenvalue weighted by atomic mass is 16.7. The predicted octanol–water partition coefficient (Wildman–Crippen LogP) is 0.268. The molecule has 0 bridgehead atoms. The highest BCUT2D eigenvalue weighted by Crippen LogP contribution is 0.747. The Bertz CT molecular complexity index is 8.00. The van der Waals surface area contributed by atoms with E-state index in [1.165, 1.54) is 0 Å². The summed E-state index contributed by atoms with van der Waals surface area (Å²) in [6.45, 7) is 0. The average Bonchev–Trinajstić information content (AvgIpc) is 2.03. The van der Waals surface area contributed by atoms with E-state index in [9.17, 15) is 0 Å². The van der Waals surface area contributed by atoms with Gasteiger partial charge in [-0.1, -0.05) is 0 Å². The quantitative estimate of drug-likeness (QED) is 0.452. The maximum Gasteiger partial charge on any atom is 0 e. The molecule has 0 rings (SSSR count). The summed E-state index contributed by atoms with van der Waals surface area (Å²) in [5, 5.41) is 0. The van der Waals surface area contributed by atoms with Crippen LogP contribution in [0.4, 0.5) is 0 Å². The van der Waals surface area contributed by atoms with Crippen LogP contribution in [0, 0.1) is 39.7 Å². The maximum atomic E-state index is 7.00. The molecule has 0 spiro atoms. The molecule has 0 heterocycles. The fourth-order valence-corrected chi connectivity index (χ4v) is 0. The predicted molar refractivity (Wildman–Crippen MR) is 26.9 cm³/mol. The fraction of sp³-hybridized carbons (Fsp3) is 0. The van der Waals surface area contributed by atoms with E-state index in [0.717, 1.165) is 0 Å². The molecule has 0 N–H and O–H groups in total. The molecule has 0 unspecified atom stereocenters. The van der Waals surface area contributed by atoms with Crippen LogP contribution in [0.25, 0.3) is 0 Å².